The maximum atomic E-state index is 11.7. The predicted molar refractivity (Wildman–Crippen MR) is 97.0 cm³/mol. The number of benzene rings is 2. The Bertz CT molecular complexity index is 790. The number of carboxylic acid groups (broad SMARTS) is 1. The van der Waals surface area contributed by atoms with Gasteiger partial charge in [-0.15, -0.1) is 0 Å². The fourth-order valence-electron chi connectivity index (χ4n) is 3.07. The van der Waals surface area contributed by atoms with Crippen molar-refractivity contribution in [2.75, 3.05) is 5.01 Å². The van der Waals surface area contributed by atoms with Gasteiger partial charge in [0.1, 0.15) is 0 Å². The van der Waals surface area contributed by atoms with Gasteiger partial charge in [0.15, 0.2) is 5.71 Å². The zero-order chi connectivity index (χ0) is 17.3. The molecule has 3 rings (SSSR count). The lowest BCUT2D eigenvalue weighted by Gasteiger charge is -2.28. The number of anilines is 1. The Morgan fingerprint density at radius 3 is 2.42 bits per heavy atom. The Labute approximate surface area is 150 Å². The number of carboxylic acids is 1. The summed E-state index contributed by atoms with van der Waals surface area (Å²) in [4.78, 5) is 11.7. The molecule has 0 amide bonds. The van der Waals surface area contributed by atoms with Crippen LogP contribution in [0.3, 0.4) is 0 Å². The normalized spacial score (nSPS) is 20.1. The molecule has 4 nitrogen and oxygen atoms in total. The molecule has 124 valence electrons. The smallest absolute Gasteiger partial charge is 0.352 e. The molecule has 1 heterocycles. The minimum atomic E-state index is -1.00. The van der Waals surface area contributed by atoms with Crippen LogP contribution >= 0.6 is 23.2 Å². The Morgan fingerprint density at radius 1 is 1.17 bits per heavy atom. The third-order valence-electron chi connectivity index (χ3n) is 4.18. The second kappa shape index (κ2) is 6.83. The minimum Gasteiger partial charge on any atom is -0.477 e. The molecule has 0 bridgehead atoms. The molecule has 6 heteroatoms. The highest BCUT2D eigenvalue weighted by atomic mass is 35.5. The van der Waals surface area contributed by atoms with Crippen molar-refractivity contribution in [2.45, 2.75) is 19.4 Å². The van der Waals surface area contributed by atoms with E-state index < -0.39 is 5.97 Å². The number of hydrogen-bond acceptors (Lipinski definition) is 3. The highest BCUT2D eigenvalue weighted by Gasteiger charge is 2.41. The van der Waals surface area contributed by atoms with Gasteiger partial charge in [-0.3, -0.25) is 5.01 Å². The first-order chi connectivity index (χ1) is 11.5. The summed E-state index contributed by atoms with van der Waals surface area (Å²) >= 11 is 12.3. The van der Waals surface area contributed by atoms with Crippen molar-refractivity contribution >= 4 is 40.6 Å². The molecule has 0 saturated heterocycles. The van der Waals surface area contributed by atoms with Crippen molar-refractivity contribution in [3.05, 3.63) is 64.1 Å². The van der Waals surface area contributed by atoms with Gasteiger partial charge in [-0.1, -0.05) is 54.4 Å². The molecule has 2 aromatic rings. The van der Waals surface area contributed by atoms with Crippen LogP contribution in [-0.4, -0.2) is 16.8 Å². The molecular weight excluding hydrogens is 347 g/mol. The van der Waals surface area contributed by atoms with E-state index in [1.54, 1.807) is 23.2 Å². The molecule has 0 radical (unpaired) electrons. The molecule has 2 atom stereocenters. The van der Waals surface area contributed by atoms with Crippen LogP contribution in [0.2, 0.25) is 10.0 Å². The van der Waals surface area contributed by atoms with Crippen LogP contribution in [0.15, 0.2) is 53.6 Å². The number of para-hydroxylation sites is 1. The van der Waals surface area contributed by atoms with Gasteiger partial charge in [0.2, 0.25) is 0 Å². The molecule has 1 N–H and O–H groups in total. The standard InChI is InChI=1S/C18H16Cl2N2O2/c1-2-13-16(18(23)24)21-22(15-6-4-3-5-14(15)20)17(13)11-7-9-12(19)10-8-11/h3-10,13,17H,2H2,1H3,(H,23,24). The van der Waals surface area contributed by atoms with Crippen molar-refractivity contribution in [3.8, 4) is 0 Å². The highest BCUT2D eigenvalue weighted by Crippen LogP contribution is 2.43. The first-order valence-corrected chi connectivity index (χ1v) is 8.39. The van der Waals surface area contributed by atoms with E-state index in [1.165, 1.54) is 0 Å². The largest absolute Gasteiger partial charge is 0.477 e. The van der Waals surface area contributed by atoms with Gasteiger partial charge in [-0.25, -0.2) is 4.79 Å². The molecule has 0 spiro atoms. The molecule has 1 aliphatic heterocycles. The van der Waals surface area contributed by atoms with Crippen LogP contribution in [0.4, 0.5) is 5.69 Å². The zero-order valence-electron chi connectivity index (χ0n) is 13.0. The van der Waals surface area contributed by atoms with Gasteiger partial charge < -0.3 is 5.11 Å². The lowest BCUT2D eigenvalue weighted by Crippen LogP contribution is -2.27. The molecule has 2 aromatic carbocycles. The Kier molecular flexibility index (Phi) is 4.78. The maximum absolute atomic E-state index is 11.7. The van der Waals surface area contributed by atoms with Crippen LogP contribution < -0.4 is 5.01 Å². The van der Waals surface area contributed by atoms with Crippen molar-refractivity contribution < 1.29 is 9.90 Å². The summed E-state index contributed by atoms with van der Waals surface area (Å²) in [6, 6.07) is 14.5. The first kappa shape index (κ1) is 16.8. The highest BCUT2D eigenvalue weighted by molar-refractivity contribution is 6.38. The van der Waals surface area contributed by atoms with E-state index in [0.717, 1.165) is 5.56 Å². The Morgan fingerprint density at radius 2 is 1.83 bits per heavy atom. The number of carbonyl (C=O) groups is 1. The lowest BCUT2D eigenvalue weighted by molar-refractivity contribution is -0.129. The van der Waals surface area contributed by atoms with Crippen LogP contribution in [0.1, 0.15) is 24.9 Å². The summed E-state index contributed by atoms with van der Waals surface area (Å²) in [6.07, 6.45) is 0.652. The van der Waals surface area contributed by atoms with E-state index >= 15 is 0 Å². The number of hydrogen-bond donors (Lipinski definition) is 1. The van der Waals surface area contributed by atoms with Gasteiger partial charge in [0.05, 0.1) is 16.8 Å². The van der Waals surface area contributed by atoms with Gasteiger partial charge in [0.25, 0.3) is 0 Å². The fraction of sp³-hybridized carbons (Fsp3) is 0.222. The number of hydrazone groups is 1. The van der Waals surface area contributed by atoms with Crippen LogP contribution in [0, 0.1) is 5.92 Å². The zero-order valence-corrected chi connectivity index (χ0v) is 14.5. The van der Waals surface area contributed by atoms with Crippen molar-refractivity contribution in [1.82, 2.24) is 0 Å². The Balaban J connectivity index is 2.13. The number of aliphatic carboxylic acids is 1. The summed E-state index contributed by atoms with van der Waals surface area (Å²) in [5, 5.41) is 16.8. The molecule has 1 aliphatic rings. The molecule has 0 fully saturated rings. The van der Waals surface area contributed by atoms with E-state index in [4.69, 9.17) is 23.2 Å². The molecule has 24 heavy (non-hydrogen) atoms. The quantitative estimate of drug-likeness (QED) is 0.830. The predicted octanol–water partition coefficient (Wildman–Crippen LogP) is 5.02. The SMILES string of the molecule is CCC1C(C(=O)O)=NN(c2ccccc2Cl)C1c1ccc(Cl)cc1. The third-order valence-corrected chi connectivity index (χ3v) is 4.75. The van der Waals surface area contributed by atoms with Crippen molar-refractivity contribution in [3.63, 3.8) is 0 Å². The van der Waals surface area contributed by atoms with Crippen molar-refractivity contribution in [1.29, 1.82) is 0 Å². The van der Waals surface area contributed by atoms with E-state index in [-0.39, 0.29) is 17.7 Å². The average Bonchev–Trinajstić information content (AvgIpc) is 2.95. The monoisotopic (exact) mass is 362 g/mol. The molecule has 0 saturated carbocycles. The third kappa shape index (κ3) is 2.99. The number of nitrogens with zero attached hydrogens (tertiary/aromatic N) is 2. The van der Waals surface area contributed by atoms with E-state index in [0.29, 0.717) is 22.2 Å². The van der Waals surface area contributed by atoms with E-state index in [9.17, 15) is 9.90 Å². The van der Waals surface area contributed by atoms with Gasteiger partial charge >= 0.3 is 5.97 Å². The molecular formula is C18H16Cl2N2O2. The minimum absolute atomic E-state index is 0.150. The number of halogens is 2. The van der Waals surface area contributed by atoms with E-state index in [1.807, 2.05) is 37.3 Å². The second-order valence-corrected chi connectivity index (χ2v) is 6.44. The topological polar surface area (TPSA) is 52.9 Å². The fourth-order valence-corrected chi connectivity index (χ4v) is 3.41. The van der Waals surface area contributed by atoms with Crippen LogP contribution in [0.5, 0.6) is 0 Å². The van der Waals surface area contributed by atoms with Gasteiger partial charge in [-0.2, -0.15) is 5.10 Å². The summed E-state index contributed by atoms with van der Waals surface area (Å²) < 4.78 is 0. The lowest BCUT2D eigenvalue weighted by atomic mass is 9.88. The number of rotatable bonds is 4. The summed E-state index contributed by atoms with van der Waals surface area (Å²) in [6.45, 7) is 1.96. The summed E-state index contributed by atoms with van der Waals surface area (Å²) in [5.74, 6) is -1.24. The summed E-state index contributed by atoms with van der Waals surface area (Å²) in [7, 11) is 0. The van der Waals surface area contributed by atoms with Crippen LogP contribution in [0.25, 0.3) is 0 Å². The van der Waals surface area contributed by atoms with E-state index in [2.05, 4.69) is 5.10 Å². The maximum Gasteiger partial charge on any atom is 0.352 e. The second-order valence-electron chi connectivity index (χ2n) is 5.60. The molecule has 0 aromatic heterocycles. The van der Waals surface area contributed by atoms with Gasteiger partial charge in [0, 0.05) is 10.9 Å². The average molecular weight is 363 g/mol. The molecule has 0 aliphatic carbocycles. The Hall–Kier alpha value is -2.04. The van der Waals surface area contributed by atoms with Gasteiger partial charge in [-0.05, 0) is 36.2 Å². The van der Waals surface area contributed by atoms with Crippen molar-refractivity contribution in [2.24, 2.45) is 11.0 Å². The van der Waals surface area contributed by atoms with Crippen LogP contribution in [-0.2, 0) is 4.79 Å². The molecule has 2 unspecified atom stereocenters. The summed E-state index contributed by atoms with van der Waals surface area (Å²) in [5.41, 5.74) is 1.79. The first-order valence-electron chi connectivity index (χ1n) is 7.64.